The van der Waals surface area contributed by atoms with Gasteiger partial charge in [0, 0.05) is 18.2 Å². The highest BCUT2D eigenvalue weighted by Crippen LogP contribution is 2.46. The Hall–Kier alpha value is -5.78. The summed E-state index contributed by atoms with van der Waals surface area (Å²) in [4.78, 5) is 28.6. The fourth-order valence-corrected chi connectivity index (χ4v) is 13.1. The number of rotatable bonds is 14. The van der Waals surface area contributed by atoms with E-state index in [-0.39, 0.29) is 11.5 Å². The Labute approximate surface area is 347 Å². The molecule has 4 unspecified atom stereocenters. The van der Waals surface area contributed by atoms with Crippen LogP contribution in [0.25, 0.3) is 0 Å². The standard InChI is InChI=1S/C49H52N2O7Si/c1-8-42(57-49(35-18-12-9-13-19-35,36-24-28-38(54-6)29-25-36)37-26-30-39(55-7)31-27-37)45-43(32-44(56-45)51-33-34(2)46(52)50-47(51)53)58-59(48(3,4)5,40-20-14-10-15-21-40)41-22-16-11-17-23-41/h8-31,33,42-45H,1,32H2,2-7H3,(H,50,52,53). The van der Waals surface area contributed by atoms with Crippen molar-refractivity contribution in [3.8, 4) is 11.5 Å². The fraction of sp³-hybridized carbons (Fsp3) is 0.265. The molecule has 6 aromatic rings. The Morgan fingerprint density at radius 2 is 1.22 bits per heavy atom. The van der Waals surface area contributed by atoms with E-state index in [2.05, 4.69) is 80.9 Å². The molecule has 0 amide bonds. The van der Waals surface area contributed by atoms with Crippen LogP contribution in [0.1, 0.15) is 55.7 Å². The minimum absolute atomic E-state index is 0.289. The summed E-state index contributed by atoms with van der Waals surface area (Å²) in [7, 11) is 0.0889. The molecule has 10 heteroatoms. The molecule has 1 fully saturated rings. The highest BCUT2D eigenvalue weighted by molar-refractivity contribution is 6.99. The summed E-state index contributed by atoms with van der Waals surface area (Å²) < 4.78 is 35.2. The van der Waals surface area contributed by atoms with E-state index in [9.17, 15) is 9.59 Å². The van der Waals surface area contributed by atoms with Gasteiger partial charge in [0.1, 0.15) is 35.5 Å². The number of benzene rings is 5. The second-order valence-electron chi connectivity index (χ2n) is 15.9. The molecular weight excluding hydrogens is 757 g/mol. The van der Waals surface area contributed by atoms with Gasteiger partial charge in [0.25, 0.3) is 13.9 Å². The molecule has 0 radical (unpaired) electrons. The van der Waals surface area contributed by atoms with E-state index < -0.39 is 49.7 Å². The van der Waals surface area contributed by atoms with Gasteiger partial charge in [0.05, 0.1) is 20.3 Å². The molecule has 59 heavy (non-hydrogen) atoms. The lowest BCUT2D eigenvalue weighted by Crippen LogP contribution is -2.68. The average Bonchev–Trinajstić information content (AvgIpc) is 3.68. The minimum Gasteiger partial charge on any atom is -0.497 e. The van der Waals surface area contributed by atoms with Crippen molar-refractivity contribution < 1.29 is 23.4 Å². The Morgan fingerprint density at radius 3 is 1.68 bits per heavy atom. The van der Waals surface area contributed by atoms with E-state index >= 15 is 0 Å². The number of aromatic nitrogens is 2. The molecule has 1 aliphatic rings. The molecule has 1 saturated heterocycles. The second-order valence-corrected chi connectivity index (χ2v) is 20.2. The van der Waals surface area contributed by atoms with Gasteiger partial charge in [-0.25, -0.2) is 4.79 Å². The van der Waals surface area contributed by atoms with Crippen molar-refractivity contribution in [1.29, 1.82) is 0 Å². The first-order chi connectivity index (χ1) is 28.4. The first-order valence-electron chi connectivity index (χ1n) is 19.9. The van der Waals surface area contributed by atoms with E-state index in [1.165, 1.54) is 4.57 Å². The molecule has 1 N–H and O–H groups in total. The zero-order valence-electron chi connectivity index (χ0n) is 34.5. The number of nitrogens with one attached hydrogen (secondary N) is 1. The highest BCUT2D eigenvalue weighted by atomic mass is 28.4. The lowest BCUT2D eigenvalue weighted by Gasteiger charge is -2.46. The van der Waals surface area contributed by atoms with E-state index in [0.717, 1.165) is 27.1 Å². The molecule has 9 nitrogen and oxygen atoms in total. The second kappa shape index (κ2) is 17.2. The number of methoxy groups -OCH3 is 2. The maximum Gasteiger partial charge on any atom is 0.330 e. The predicted octanol–water partition coefficient (Wildman–Crippen LogP) is 7.66. The number of ether oxygens (including phenoxy) is 4. The smallest absolute Gasteiger partial charge is 0.330 e. The Morgan fingerprint density at radius 1 is 0.746 bits per heavy atom. The number of nitrogens with zero attached hydrogens (tertiary/aromatic N) is 1. The molecular formula is C49H52N2O7Si. The number of hydrogen-bond acceptors (Lipinski definition) is 7. The lowest BCUT2D eigenvalue weighted by atomic mass is 9.79. The van der Waals surface area contributed by atoms with Crippen LogP contribution in [0.3, 0.4) is 0 Å². The third-order valence-electron chi connectivity index (χ3n) is 11.4. The Kier molecular flexibility index (Phi) is 12.1. The van der Waals surface area contributed by atoms with Gasteiger partial charge in [-0.15, -0.1) is 6.58 Å². The van der Waals surface area contributed by atoms with Crippen LogP contribution in [-0.4, -0.2) is 50.4 Å². The average molecular weight is 809 g/mol. The normalized spacial score (nSPS) is 17.6. The van der Waals surface area contributed by atoms with E-state index in [4.69, 9.17) is 23.4 Å². The van der Waals surface area contributed by atoms with Gasteiger partial charge < -0.3 is 23.4 Å². The number of aromatic amines is 1. The predicted molar refractivity (Wildman–Crippen MR) is 234 cm³/mol. The maximum atomic E-state index is 13.5. The summed E-state index contributed by atoms with van der Waals surface area (Å²) in [5.74, 6) is 1.40. The van der Waals surface area contributed by atoms with Crippen LogP contribution in [0.4, 0.5) is 0 Å². The van der Waals surface area contributed by atoms with Gasteiger partial charge in [-0.2, -0.15) is 0 Å². The number of hydrogen-bond donors (Lipinski definition) is 1. The van der Waals surface area contributed by atoms with E-state index in [1.807, 2.05) is 91.0 Å². The van der Waals surface area contributed by atoms with Crippen LogP contribution in [0, 0.1) is 6.92 Å². The number of aryl methyl sites for hydroxylation is 1. The van der Waals surface area contributed by atoms with Crippen molar-refractivity contribution in [1.82, 2.24) is 9.55 Å². The first-order valence-corrected chi connectivity index (χ1v) is 21.8. The van der Waals surface area contributed by atoms with Crippen molar-refractivity contribution in [2.24, 2.45) is 0 Å². The SMILES string of the molecule is C=CC(OC(c1ccccc1)(c1ccc(OC)cc1)c1ccc(OC)cc1)C1OC(n2cc(C)c(=O)[nH]c2=O)CC1O[Si](c1ccccc1)(c1ccccc1)C(C)(C)C. The summed E-state index contributed by atoms with van der Waals surface area (Å²) in [5.41, 5.74) is 0.712. The van der Waals surface area contributed by atoms with Crippen molar-refractivity contribution in [2.45, 2.75) is 69.3 Å². The summed E-state index contributed by atoms with van der Waals surface area (Å²) in [6.07, 6.45) is 0.600. The van der Waals surface area contributed by atoms with Gasteiger partial charge in [-0.05, 0) is 63.3 Å². The van der Waals surface area contributed by atoms with Crippen LogP contribution in [0.2, 0.25) is 5.04 Å². The van der Waals surface area contributed by atoms with Gasteiger partial charge in [-0.3, -0.25) is 14.3 Å². The van der Waals surface area contributed by atoms with Gasteiger partial charge in [-0.1, -0.05) is 142 Å². The third kappa shape index (κ3) is 7.89. The molecule has 0 spiro atoms. The third-order valence-corrected chi connectivity index (χ3v) is 16.4. The summed E-state index contributed by atoms with van der Waals surface area (Å²) in [6, 6.07) is 46.6. The monoisotopic (exact) mass is 808 g/mol. The highest BCUT2D eigenvalue weighted by Gasteiger charge is 2.55. The molecule has 0 aliphatic carbocycles. The van der Waals surface area contributed by atoms with Crippen molar-refractivity contribution >= 4 is 18.7 Å². The molecule has 7 rings (SSSR count). The minimum atomic E-state index is -3.19. The summed E-state index contributed by atoms with van der Waals surface area (Å²) in [6.45, 7) is 12.7. The summed E-state index contributed by atoms with van der Waals surface area (Å²) in [5, 5.41) is 1.84. The van der Waals surface area contributed by atoms with Crippen LogP contribution < -0.4 is 31.1 Å². The van der Waals surface area contributed by atoms with Crippen LogP contribution in [0.5, 0.6) is 11.5 Å². The van der Waals surface area contributed by atoms with Gasteiger partial charge in [0.15, 0.2) is 0 Å². The van der Waals surface area contributed by atoms with Crippen molar-refractivity contribution in [3.05, 3.63) is 201 Å². The lowest BCUT2D eigenvalue weighted by molar-refractivity contribution is -0.124. The molecule has 0 bridgehead atoms. The molecule has 2 heterocycles. The molecule has 304 valence electrons. The van der Waals surface area contributed by atoms with Crippen LogP contribution >= 0.6 is 0 Å². The van der Waals surface area contributed by atoms with Crippen LogP contribution in [-0.2, 0) is 19.5 Å². The van der Waals surface area contributed by atoms with E-state index in [1.54, 1.807) is 33.4 Å². The number of H-pyrrole nitrogens is 1. The topological polar surface area (TPSA) is 101 Å². The van der Waals surface area contributed by atoms with Crippen LogP contribution in [0.15, 0.2) is 168 Å². The van der Waals surface area contributed by atoms with Gasteiger partial charge >= 0.3 is 5.69 Å². The Bertz CT molecular complexity index is 2360. The quantitative estimate of drug-likeness (QED) is 0.0686. The first kappa shape index (κ1) is 41.4. The molecule has 4 atom stereocenters. The zero-order chi connectivity index (χ0) is 41.8. The largest absolute Gasteiger partial charge is 0.497 e. The van der Waals surface area contributed by atoms with Gasteiger partial charge in [0.2, 0.25) is 0 Å². The molecule has 1 aromatic heterocycles. The maximum absolute atomic E-state index is 13.5. The summed E-state index contributed by atoms with van der Waals surface area (Å²) >= 11 is 0. The molecule has 5 aromatic carbocycles. The Balaban J connectivity index is 1.44. The molecule has 0 saturated carbocycles. The zero-order valence-corrected chi connectivity index (χ0v) is 35.5. The van der Waals surface area contributed by atoms with Crippen molar-refractivity contribution in [2.75, 3.05) is 14.2 Å². The molecule has 1 aliphatic heterocycles. The van der Waals surface area contributed by atoms with Crippen molar-refractivity contribution in [3.63, 3.8) is 0 Å². The van der Waals surface area contributed by atoms with E-state index in [0.29, 0.717) is 17.1 Å². The fourth-order valence-electron chi connectivity index (χ4n) is 8.44.